The number of hydrogen-bond acceptors (Lipinski definition) is 9. The lowest BCUT2D eigenvalue weighted by Gasteiger charge is -2.33. The van der Waals surface area contributed by atoms with Crippen molar-refractivity contribution in [3.63, 3.8) is 0 Å². The molecule has 2 heterocycles. The van der Waals surface area contributed by atoms with Crippen molar-refractivity contribution in [2.45, 2.75) is 25.3 Å². The Hall–Kier alpha value is -4.79. The predicted octanol–water partition coefficient (Wildman–Crippen LogP) is -0.0170. The first-order chi connectivity index (χ1) is 19.6. The van der Waals surface area contributed by atoms with E-state index in [-0.39, 0.29) is 42.1 Å². The average Bonchev–Trinajstić information content (AvgIpc) is 2.96. The SMILES string of the molecule is CCN1CCN(C(=O)NC(C(=O)N[C@H]2Cc3cccc(C(=O)O)c3OB2O)c2ccc(OC)c(OC)c2)C(=O)C1=O. The molecule has 2 atom stereocenters. The Kier molecular flexibility index (Phi) is 8.66. The van der Waals surface area contributed by atoms with Crippen LogP contribution in [0, 0.1) is 0 Å². The molecule has 14 nitrogen and oxygen atoms in total. The van der Waals surface area contributed by atoms with E-state index in [9.17, 15) is 34.1 Å². The number of nitrogens with zero attached hydrogens (tertiary/aromatic N) is 2. The third kappa shape index (κ3) is 5.89. The van der Waals surface area contributed by atoms with Gasteiger partial charge in [-0.2, -0.15) is 0 Å². The number of nitrogens with one attached hydrogen (secondary N) is 2. The van der Waals surface area contributed by atoms with Gasteiger partial charge in [-0.1, -0.05) is 18.2 Å². The van der Waals surface area contributed by atoms with Crippen molar-refractivity contribution < 1.29 is 48.2 Å². The molecule has 4 rings (SSSR count). The summed E-state index contributed by atoms with van der Waals surface area (Å²) < 4.78 is 16.0. The summed E-state index contributed by atoms with van der Waals surface area (Å²) in [5.41, 5.74) is 0.563. The molecule has 216 valence electrons. The maximum Gasteiger partial charge on any atom is 0.547 e. The van der Waals surface area contributed by atoms with Crippen molar-refractivity contribution in [2.75, 3.05) is 33.9 Å². The monoisotopic (exact) mass is 568 g/mol. The van der Waals surface area contributed by atoms with Gasteiger partial charge in [0, 0.05) is 19.6 Å². The first-order valence-corrected chi connectivity index (χ1v) is 12.7. The average molecular weight is 568 g/mol. The molecule has 0 bridgehead atoms. The van der Waals surface area contributed by atoms with Gasteiger partial charge in [-0.25, -0.2) is 9.59 Å². The zero-order valence-corrected chi connectivity index (χ0v) is 22.6. The van der Waals surface area contributed by atoms with Crippen molar-refractivity contribution >= 4 is 36.8 Å². The minimum atomic E-state index is -1.60. The van der Waals surface area contributed by atoms with Crippen LogP contribution in [0.5, 0.6) is 17.2 Å². The van der Waals surface area contributed by atoms with Gasteiger partial charge in [0.25, 0.3) is 0 Å². The van der Waals surface area contributed by atoms with Crippen LogP contribution in [0.25, 0.3) is 0 Å². The number of urea groups is 1. The van der Waals surface area contributed by atoms with Crippen molar-refractivity contribution in [1.82, 2.24) is 20.4 Å². The molecule has 41 heavy (non-hydrogen) atoms. The Morgan fingerprint density at radius 1 is 1.10 bits per heavy atom. The zero-order chi connectivity index (χ0) is 29.8. The van der Waals surface area contributed by atoms with E-state index in [0.717, 1.165) is 4.90 Å². The number of ether oxygens (including phenoxy) is 2. The number of carbonyl (C=O) groups is 5. The van der Waals surface area contributed by atoms with E-state index in [1.54, 1.807) is 13.0 Å². The number of rotatable bonds is 8. The van der Waals surface area contributed by atoms with Crippen LogP contribution in [-0.4, -0.2) is 96.6 Å². The predicted molar refractivity (Wildman–Crippen MR) is 142 cm³/mol. The summed E-state index contributed by atoms with van der Waals surface area (Å²) in [7, 11) is 1.22. The van der Waals surface area contributed by atoms with Gasteiger partial charge in [0.2, 0.25) is 5.91 Å². The number of carboxylic acid groups (broad SMARTS) is 1. The van der Waals surface area contributed by atoms with Crippen LogP contribution in [0.2, 0.25) is 0 Å². The lowest BCUT2D eigenvalue weighted by Crippen LogP contribution is -2.60. The van der Waals surface area contributed by atoms with E-state index < -0.39 is 48.8 Å². The van der Waals surface area contributed by atoms with E-state index in [0.29, 0.717) is 17.9 Å². The number of benzene rings is 2. The molecular weight excluding hydrogens is 539 g/mol. The smallest absolute Gasteiger partial charge is 0.534 e. The fraction of sp³-hybridized carbons (Fsp3) is 0.346. The third-order valence-corrected chi connectivity index (χ3v) is 6.88. The standard InChI is InChI=1S/C26H29BN4O10/c1-4-30-10-11-31(24(34)23(30)33)26(37)29-20(14-8-9-17(39-2)18(12-14)40-3)22(32)28-19-13-15-6-5-7-16(25(35)36)21(15)41-27(19)38/h5-9,12,19-20,38H,4,10-11,13H2,1-3H3,(H,28,32)(H,29,37)(H,35,36)/t19-,20?/m0/s1. The number of aromatic carboxylic acids is 1. The van der Waals surface area contributed by atoms with Crippen molar-refractivity contribution in [2.24, 2.45) is 0 Å². The number of amides is 5. The molecule has 2 aliphatic heterocycles. The third-order valence-electron chi connectivity index (χ3n) is 6.88. The summed E-state index contributed by atoms with van der Waals surface area (Å²) in [6.45, 7) is 2.09. The van der Waals surface area contributed by atoms with Gasteiger partial charge in [-0.05, 0) is 42.7 Å². The van der Waals surface area contributed by atoms with Crippen molar-refractivity contribution in [3.05, 3.63) is 53.1 Å². The Bertz CT molecular complexity index is 1390. The molecule has 0 aliphatic carbocycles. The number of carbonyl (C=O) groups excluding carboxylic acids is 4. The number of methoxy groups -OCH3 is 2. The van der Waals surface area contributed by atoms with E-state index in [1.165, 1.54) is 49.5 Å². The maximum atomic E-state index is 13.6. The highest BCUT2D eigenvalue weighted by Crippen LogP contribution is 2.32. The molecule has 1 fully saturated rings. The van der Waals surface area contributed by atoms with Gasteiger partial charge < -0.3 is 39.8 Å². The normalized spacial score (nSPS) is 17.3. The Morgan fingerprint density at radius 2 is 1.83 bits per heavy atom. The largest absolute Gasteiger partial charge is 0.547 e. The highest BCUT2D eigenvalue weighted by Gasteiger charge is 2.41. The molecule has 2 aromatic carbocycles. The first-order valence-electron chi connectivity index (χ1n) is 12.7. The number of likely N-dealkylation sites (N-methyl/N-ethyl adjacent to an activating group) is 1. The summed E-state index contributed by atoms with van der Waals surface area (Å²) in [5, 5.41) is 25.2. The molecule has 15 heteroatoms. The number of carboxylic acids is 1. The minimum Gasteiger partial charge on any atom is -0.534 e. The summed E-state index contributed by atoms with van der Waals surface area (Å²) in [5.74, 6) is -4.27. The number of fused-ring (bicyclic) bond motifs is 1. The number of para-hydroxylation sites is 1. The first kappa shape index (κ1) is 29.2. The highest BCUT2D eigenvalue weighted by molar-refractivity contribution is 6.47. The van der Waals surface area contributed by atoms with Gasteiger partial charge in [0.05, 0.1) is 25.7 Å². The topological polar surface area (TPSA) is 184 Å². The molecule has 2 aromatic rings. The van der Waals surface area contributed by atoms with Gasteiger partial charge in [0.1, 0.15) is 11.8 Å². The van der Waals surface area contributed by atoms with Crippen molar-refractivity contribution in [1.29, 1.82) is 0 Å². The fourth-order valence-electron chi connectivity index (χ4n) is 4.69. The molecule has 1 unspecified atom stereocenters. The summed E-state index contributed by atoms with van der Waals surface area (Å²) in [6, 6.07) is 6.59. The molecule has 0 saturated carbocycles. The van der Waals surface area contributed by atoms with Gasteiger partial charge >= 0.3 is 30.9 Å². The second-order valence-corrected chi connectivity index (χ2v) is 9.27. The van der Waals surface area contributed by atoms with Gasteiger partial charge in [-0.15, -0.1) is 0 Å². The van der Waals surface area contributed by atoms with E-state index >= 15 is 0 Å². The summed E-state index contributed by atoms with van der Waals surface area (Å²) >= 11 is 0. The van der Waals surface area contributed by atoms with Crippen LogP contribution >= 0.6 is 0 Å². The molecule has 0 aromatic heterocycles. The highest BCUT2D eigenvalue weighted by atomic mass is 16.5. The molecule has 0 spiro atoms. The van der Waals surface area contributed by atoms with Crippen LogP contribution < -0.4 is 24.8 Å². The molecule has 0 radical (unpaired) electrons. The second-order valence-electron chi connectivity index (χ2n) is 9.27. The molecule has 2 aliphatic rings. The lowest BCUT2D eigenvalue weighted by molar-refractivity contribution is -0.153. The van der Waals surface area contributed by atoms with Gasteiger partial charge in [0.15, 0.2) is 11.5 Å². The van der Waals surface area contributed by atoms with E-state index in [4.69, 9.17) is 14.1 Å². The molecular formula is C26H29BN4O10. The molecule has 4 N–H and O–H groups in total. The van der Waals surface area contributed by atoms with Crippen LogP contribution in [0.3, 0.4) is 0 Å². The minimum absolute atomic E-state index is 0.00264. The van der Waals surface area contributed by atoms with Crippen LogP contribution in [-0.2, 0) is 20.8 Å². The van der Waals surface area contributed by atoms with E-state index in [1.807, 2.05) is 0 Å². The number of hydrogen-bond donors (Lipinski definition) is 4. The summed E-state index contributed by atoms with van der Waals surface area (Å²) in [4.78, 5) is 65.4. The Balaban J connectivity index is 1.61. The fourth-order valence-corrected chi connectivity index (χ4v) is 4.69. The lowest BCUT2D eigenvalue weighted by atomic mass is 9.72. The Morgan fingerprint density at radius 3 is 2.49 bits per heavy atom. The Labute approximate surface area is 235 Å². The summed E-state index contributed by atoms with van der Waals surface area (Å²) in [6.07, 6.45) is 0.0297. The number of imide groups is 1. The molecule has 1 saturated heterocycles. The van der Waals surface area contributed by atoms with Crippen LogP contribution in [0.4, 0.5) is 4.79 Å². The number of piperazine rings is 1. The van der Waals surface area contributed by atoms with Crippen LogP contribution in [0.1, 0.15) is 34.5 Å². The second kappa shape index (κ2) is 12.2. The quantitative estimate of drug-likeness (QED) is 0.249. The van der Waals surface area contributed by atoms with Gasteiger partial charge in [-0.3, -0.25) is 19.3 Å². The van der Waals surface area contributed by atoms with Crippen LogP contribution in [0.15, 0.2) is 36.4 Å². The van der Waals surface area contributed by atoms with Crippen molar-refractivity contribution in [3.8, 4) is 17.2 Å². The molecule has 5 amide bonds. The van der Waals surface area contributed by atoms with E-state index in [2.05, 4.69) is 10.6 Å². The maximum absolute atomic E-state index is 13.6. The zero-order valence-electron chi connectivity index (χ0n) is 22.6.